The first kappa shape index (κ1) is 14.9. The zero-order valence-corrected chi connectivity index (χ0v) is 12.1. The summed E-state index contributed by atoms with van der Waals surface area (Å²) in [6.45, 7) is 7.70. The zero-order chi connectivity index (χ0) is 13.8. The molecule has 5 heteroatoms. The van der Waals surface area contributed by atoms with E-state index in [4.69, 9.17) is 11.6 Å². The number of alkyl halides is 1. The quantitative estimate of drug-likeness (QED) is 0.836. The van der Waals surface area contributed by atoms with Crippen LogP contribution in [-0.2, 0) is 6.42 Å². The second-order valence-corrected chi connectivity index (χ2v) is 5.35. The van der Waals surface area contributed by atoms with Crippen molar-refractivity contribution in [3.8, 4) is 0 Å². The Labute approximate surface area is 113 Å². The van der Waals surface area contributed by atoms with Gasteiger partial charge in [-0.3, -0.25) is 4.79 Å². The summed E-state index contributed by atoms with van der Waals surface area (Å²) < 4.78 is 0. The van der Waals surface area contributed by atoms with E-state index < -0.39 is 0 Å². The SMILES string of the molecule is CCc1nnc(C)cc1C(=O)NC(C)(C)CCCl. The Hall–Kier alpha value is -1.16. The Morgan fingerprint density at radius 1 is 1.44 bits per heavy atom. The van der Waals surface area contributed by atoms with Crippen molar-refractivity contribution in [1.29, 1.82) is 0 Å². The van der Waals surface area contributed by atoms with Crippen molar-refractivity contribution in [2.45, 2.75) is 46.1 Å². The minimum atomic E-state index is -0.318. The van der Waals surface area contributed by atoms with Crippen LogP contribution in [0.1, 0.15) is 48.9 Å². The van der Waals surface area contributed by atoms with Crippen LogP contribution in [0.5, 0.6) is 0 Å². The number of hydrogen-bond donors (Lipinski definition) is 1. The van der Waals surface area contributed by atoms with E-state index in [0.717, 1.165) is 17.8 Å². The molecule has 0 spiro atoms. The highest BCUT2D eigenvalue weighted by atomic mass is 35.5. The number of carbonyl (C=O) groups is 1. The van der Waals surface area contributed by atoms with Gasteiger partial charge in [0, 0.05) is 11.4 Å². The van der Waals surface area contributed by atoms with Crippen molar-refractivity contribution in [1.82, 2.24) is 15.5 Å². The van der Waals surface area contributed by atoms with Gasteiger partial charge in [0.15, 0.2) is 0 Å². The minimum absolute atomic E-state index is 0.111. The van der Waals surface area contributed by atoms with Gasteiger partial charge < -0.3 is 5.32 Å². The summed E-state index contributed by atoms with van der Waals surface area (Å²) in [4.78, 5) is 12.2. The van der Waals surface area contributed by atoms with Crippen molar-refractivity contribution in [3.05, 3.63) is 23.0 Å². The molecule has 0 fully saturated rings. The van der Waals surface area contributed by atoms with E-state index in [1.54, 1.807) is 6.07 Å². The Balaban J connectivity index is 2.93. The molecule has 1 rings (SSSR count). The molecule has 0 saturated heterocycles. The summed E-state index contributed by atoms with van der Waals surface area (Å²) in [5.41, 5.74) is 1.75. The standard InChI is InChI=1S/C13H20ClN3O/c1-5-11-10(8-9(2)16-17-11)12(18)15-13(3,4)6-7-14/h8H,5-7H2,1-4H3,(H,15,18). The second-order valence-electron chi connectivity index (χ2n) is 4.98. The van der Waals surface area contributed by atoms with Crippen LogP contribution in [0.3, 0.4) is 0 Å². The van der Waals surface area contributed by atoms with Crippen LogP contribution < -0.4 is 5.32 Å². The van der Waals surface area contributed by atoms with Gasteiger partial charge in [-0.05, 0) is 39.7 Å². The van der Waals surface area contributed by atoms with Gasteiger partial charge in [-0.2, -0.15) is 10.2 Å². The molecule has 0 atom stereocenters. The summed E-state index contributed by atoms with van der Waals surface area (Å²) in [6.07, 6.45) is 1.41. The number of hydrogen-bond acceptors (Lipinski definition) is 3. The third kappa shape index (κ3) is 3.95. The molecule has 0 aliphatic heterocycles. The first-order chi connectivity index (χ1) is 8.39. The minimum Gasteiger partial charge on any atom is -0.347 e. The van der Waals surface area contributed by atoms with Gasteiger partial charge in [-0.25, -0.2) is 0 Å². The van der Waals surface area contributed by atoms with Crippen molar-refractivity contribution < 1.29 is 4.79 Å². The predicted molar refractivity (Wildman–Crippen MR) is 73.0 cm³/mol. The number of amides is 1. The number of rotatable bonds is 5. The fourth-order valence-corrected chi connectivity index (χ4v) is 2.12. The van der Waals surface area contributed by atoms with E-state index in [0.29, 0.717) is 17.9 Å². The monoisotopic (exact) mass is 269 g/mol. The third-order valence-corrected chi connectivity index (χ3v) is 2.93. The number of nitrogens with zero attached hydrogens (tertiary/aromatic N) is 2. The molecule has 100 valence electrons. The maximum absolute atomic E-state index is 12.2. The molecule has 4 nitrogen and oxygen atoms in total. The number of nitrogens with one attached hydrogen (secondary N) is 1. The summed E-state index contributed by atoms with van der Waals surface area (Å²) in [5.74, 6) is 0.404. The number of aromatic nitrogens is 2. The van der Waals surface area contributed by atoms with Crippen molar-refractivity contribution >= 4 is 17.5 Å². The lowest BCUT2D eigenvalue weighted by Gasteiger charge is -2.25. The van der Waals surface area contributed by atoms with E-state index in [1.807, 2.05) is 27.7 Å². The molecule has 0 unspecified atom stereocenters. The fraction of sp³-hybridized carbons (Fsp3) is 0.615. The number of carbonyl (C=O) groups excluding carboxylic acids is 1. The number of aryl methyl sites for hydroxylation is 2. The average Bonchev–Trinajstić information content (AvgIpc) is 2.28. The summed E-state index contributed by atoms with van der Waals surface area (Å²) >= 11 is 5.73. The van der Waals surface area contributed by atoms with Gasteiger partial charge in [-0.1, -0.05) is 6.92 Å². The largest absolute Gasteiger partial charge is 0.347 e. The predicted octanol–water partition coefficient (Wildman–Crippen LogP) is 2.48. The van der Waals surface area contributed by atoms with Crippen LogP contribution in [0.2, 0.25) is 0 Å². The molecule has 1 N–H and O–H groups in total. The second kappa shape index (κ2) is 6.14. The molecule has 0 aliphatic carbocycles. The zero-order valence-electron chi connectivity index (χ0n) is 11.4. The van der Waals surface area contributed by atoms with Crippen LogP contribution in [0, 0.1) is 6.92 Å². The molecule has 0 saturated carbocycles. The van der Waals surface area contributed by atoms with Gasteiger partial charge in [0.2, 0.25) is 0 Å². The van der Waals surface area contributed by atoms with Crippen molar-refractivity contribution in [2.24, 2.45) is 0 Å². The first-order valence-corrected chi connectivity index (χ1v) is 6.64. The molecule has 1 aromatic rings. The summed E-state index contributed by atoms with van der Waals surface area (Å²) in [6, 6.07) is 1.78. The van der Waals surface area contributed by atoms with Gasteiger partial charge in [0.25, 0.3) is 5.91 Å². The molecule has 18 heavy (non-hydrogen) atoms. The Kier molecular flexibility index (Phi) is 5.08. The summed E-state index contributed by atoms with van der Waals surface area (Å²) in [7, 11) is 0. The number of halogens is 1. The van der Waals surface area contributed by atoms with Gasteiger partial charge in [-0.15, -0.1) is 11.6 Å². The van der Waals surface area contributed by atoms with Crippen LogP contribution in [-0.4, -0.2) is 27.5 Å². The van der Waals surface area contributed by atoms with E-state index in [9.17, 15) is 4.79 Å². The normalized spacial score (nSPS) is 11.4. The topological polar surface area (TPSA) is 54.9 Å². The molecule has 0 bridgehead atoms. The molecule has 0 radical (unpaired) electrons. The lowest BCUT2D eigenvalue weighted by molar-refractivity contribution is 0.0910. The van der Waals surface area contributed by atoms with Crippen LogP contribution in [0.25, 0.3) is 0 Å². The van der Waals surface area contributed by atoms with E-state index >= 15 is 0 Å². The maximum atomic E-state index is 12.2. The lowest BCUT2D eigenvalue weighted by Crippen LogP contribution is -2.44. The summed E-state index contributed by atoms with van der Waals surface area (Å²) in [5, 5.41) is 11.0. The molecular weight excluding hydrogens is 250 g/mol. The maximum Gasteiger partial charge on any atom is 0.253 e. The first-order valence-electron chi connectivity index (χ1n) is 6.11. The Morgan fingerprint density at radius 2 is 2.11 bits per heavy atom. The van der Waals surface area contributed by atoms with Gasteiger partial charge >= 0.3 is 0 Å². The molecule has 1 aromatic heterocycles. The smallest absolute Gasteiger partial charge is 0.253 e. The third-order valence-electron chi connectivity index (χ3n) is 2.74. The molecule has 0 aromatic carbocycles. The highest BCUT2D eigenvalue weighted by molar-refractivity contribution is 6.17. The van der Waals surface area contributed by atoms with Crippen LogP contribution >= 0.6 is 11.6 Å². The van der Waals surface area contributed by atoms with E-state index in [-0.39, 0.29) is 11.4 Å². The molecule has 1 heterocycles. The lowest BCUT2D eigenvalue weighted by atomic mass is 10.0. The van der Waals surface area contributed by atoms with Crippen LogP contribution in [0.4, 0.5) is 0 Å². The Bertz CT molecular complexity index is 432. The van der Waals surface area contributed by atoms with Gasteiger partial charge in [0.05, 0.1) is 17.0 Å². The molecule has 0 aliphatic rings. The van der Waals surface area contributed by atoms with Crippen LogP contribution in [0.15, 0.2) is 6.07 Å². The van der Waals surface area contributed by atoms with Crippen molar-refractivity contribution in [2.75, 3.05) is 5.88 Å². The van der Waals surface area contributed by atoms with E-state index in [1.165, 1.54) is 0 Å². The van der Waals surface area contributed by atoms with Gasteiger partial charge in [0.1, 0.15) is 0 Å². The highest BCUT2D eigenvalue weighted by Gasteiger charge is 2.22. The average molecular weight is 270 g/mol. The molecule has 1 amide bonds. The Morgan fingerprint density at radius 3 is 2.67 bits per heavy atom. The highest BCUT2D eigenvalue weighted by Crippen LogP contribution is 2.13. The van der Waals surface area contributed by atoms with Crippen molar-refractivity contribution in [3.63, 3.8) is 0 Å². The molecular formula is C13H20ClN3O. The fourth-order valence-electron chi connectivity index (χ4n) is 1.65. The van der Waals surface area contributed by atoms with E-state index in [2.05, 4.69) is 15.5 Å².